The van der Waals surface area contributed by atoms with Crippen LogP contribution in [0, 0.1) is 0 Å². The third kappa shape index (κ3) is 37.0. The zero-order valence-corrected chi connectivity index (χ0v) is 13.2. The van der Waals surface area contributed by atoms with Crippen LogP contribution >= 0.6 is 83.1 Å². The first-order valence-electron chi connectivity index (χ1n) is 1.53. The Morgan fingerprint density at radius 1 is 0.643 bits per heavy atom. The molecule has 0 aromatic carbocycles. The summed E-state index contributed by atoms with van der Waals surface area (Å²) in [6.45, 7) is 0. The highest BCUT2D eigenvalue weighted by Gasteiger charge is 2.27. The molecule has 14 heavy (non-hydrogen) atoms. The molecule has 0 rings (SSSR count). The van der Waals surface area contributed by atoms with Crippen molar-refractivity contribution in [3.8, 4) is 0 Å². The van der Waals surface area contributed by atoms with E-state index in [0.29, 0.717) is 0 Å². The van der Waals surface area contributed by atoms with Crippen molar-refractivity contribution >= 4 is 83.1 Å². The molecule has 0 atom stereocenters. The van der Waals surface area contributed by atoms with Gasteiger partial charge >= 0.3 is 15.6 Å². The zero-order valence-electron chi connectivity index (χ0n) is 6.41. The van der Waals surface area contributed by atoms with Crippen LogP contribution in [0.15, 0.2) is 0 Å². The van der Waals surface area contributed by atoms with Crippen molar-refractivity contribution in [3.63, 3.8) is 0 Å². The topological polar surface area (TPSA) is 124 Å². The minimum Gasteiger partial charge on any atom is -0.302 e. The molecule has 4 N–H and O–H groups in total. The summed E-state index contributed by atoms with van der Waals surface area (Å²) < 4.78 is 22.2. The SMILES string of the molecule is O=P(O)(O)OP(=O)(O)O.S.S.S.S.S. The summed E-state index contributed by atoms with van der Waals surface area (Å²) in [5.41, 5.74) is 0. The quantitative estimate of drug-likeness (QED) is 0.507. The summed E-state index contributed by atoms with van der Waals surface area (Å²) in [7, 11) is -10.1. The fourth-order valence-corrected chi connectivity index (χ4v) is 1.25. The second kappa shape index (κ2) is 13.1. The predicted molar refractivity (Wildman–Crippen MR) is 77.1 cm³/mol. The highest BCUT2D eigenvalue weighted by molar-refractivity contribution is 7.60. The van der Waals surface area contributed by atoms with E-state index < -0.39 is 15.6 Å². The maximum absolute atomic E-state index is 9.63. The van der Waals surface area contributed by atoms with Crippen molar-refractivity contribution < 1.29 is 33.0 Å². The highest BCUT2D eigenvalue weighted by Crippen LogP contribution is 2.53. The summed E-state index contributed by atoms with van der Waals surface area (Å²) in [6.07, 6.45) is 0. The molecule has 0 saturated heterocycles. The second-order valence-electron chi connectivity index (χ2n) is 1.06. The van der Waals surface area contributed by atoms with E-state index >= 15 is 0 Å². The molecule has 0 saturated carbocycles. The van der Waals surface area contributed by atoms with Gasteiger partial charge in [-0.3, -0.25) is 0 Å². The highest BCUT2D eigenvalue weighted by atomic mass is 32.1. The Hall–Kier alpha value is 2.01. The van der Waals surface area contributed by atoms with E-state index in [9.17, 15) is 9.13 Å². The monoisotopic (exact) mass is 348 g/mol. The van der Waals surface area contributed by atoms with Crippen LogP contribution < -0.4 is 0 Å². The van der Waals surface area contributed by atoms with Gasteiger partial charge in [-0.25, -0.2) is 9.13 Å². The number of phosphoric acid groups is 2. The first-order chi connectivity index (χ1) is 3.71. The van der Waals surface area contributed by atoms with Crippen LogP contribution in [0.25, 0.3) is 0 Å². The Kier molecular flexibility index (Phi) is 33.6. The second-order valence-corrected chi connectivity index (χ2v) is 3.68. The third-order valence-electron chi connectivity index (χ3n) is 0.213. The molecule has 96 valence electrons. The molecule has 0 aliphatic carbocycles. The molecule has 14 heteroatoms. The summed E-state index contributed by atoms with van der Waals surface area (Å²) in [5, 5.41) is 0. The maximum Gasteiger partial charge on any atom is 0.478 e. The van der Waals surface area contributed by atoms with Gasteiger partial charge in [0.1, 0.15) is 0 Å². The Bertz CT molecular complexity index is 161. The largest absolute Gasteiger partial charge is 0.478 e. The first-order valence-corrected chi connectivity index (χ1v) is 4.59. The van der Waals surface area contributed by atoms with Crippen LogP contribution in [0.3, 0.4) is 0 Å². The van der Waals surface area contributed by atoms with Gasteiger partial charge in [0.15, 0.2) is 0 Å². The van der Waals surface area contributed by atoms with Crippen LogP contribution in [-0.2, 0) is 13.4 Å². The number of hydrogen-bond acceptors (Lipinski definition) is 3. The minimum atomic E-state index is -5.05. The molecule has 7 nitrogen and oxygen atoms in total. The van der Waals surface area contributed by atoms with Crippen LogP contribution in [-0.4, -0.2) is 19.6 Å². The van der Waals surface area contributed by atoms with Crippen LogP contribution in [0.2, 0.25) is 0 Å². The Morgan fingerprint density at radius 3 is 0.786 bits per heavy atom. The summed E-state index contributed by atoms with van der Waals surface area (Å²) in [4.78, 5) is 31.0. The fraction of sp³-hybridized carbons (Fsp3) is 0. The molecular formula is H14O7P2S5. The van der Waals surface area contributed by atoms with Crippen molar-refractivity contribution in [2.45, 2.75) is 0 Å². The molecule has 0 bridgehead atoms. The van der Waals surface area contributed by atoms with Crippen molar-refractivity contribution in [2.75, 3.05) is 0 Å². The molecule has 0 aromatic rings. The van der Waals surface area contributed by atoms with E-state index in [1.165, 1.54) is 0 Å². The maximum atomic E-state index is 9.63. The normalized spacial score (nSPS) is 8.86. The van der Waals surface area contributed by atoms with Gasteiger partial charge in [-0.1, -0.05) is 0 Å². The number of hydrogen-bond donors (Lipinski definition) is 4. The van der Waals surface area contributed by atoms with E-state index in [-0.39, 0.29) is 67.5 Å². The zero-order chi connectivity index (χ0) is 7.71. The Labute approximate surface area is 116 Å². The van der Waals surface area contributed by atoms with E-state index in [2.05, 4.69) is 4.31 Å². The number of rotatable bonds is 2. The van der Waals surface area contributed by atoms with Gasteiger partial charge in [0.2, 0.25) is 0 Å². The van der Waals surface area contributed by atoms with Gasteiger partial charge in [0, 0.05) is 0 Å². The van der Waals surface area contributed by atoms with E-state index in [1.807, 2.05) is 0 Å². The average Bonchev–Trinajstić information content (AvgIpc) is 1.14. The van der Waals surface area contributed by atoms with Gasteiger partial charge in [0.25, 0.3) is 0 Å². The molecular weight excluding hydrogens is 334 g/mol. The molecule has 0 amide bonds. The summed E-state index contributed by atoms with van der Waals surface area (Å²) in [6, 6.07) is 0. The predicted octanol–water partition coefficient (Wildman–Crippen LogP) is -0.248. The standard InChI is InChI=1S/H4O7P2.5H2S/c1-8(2,3)7-9(4,5)6;;;;;/h(H2,1,2,3)(H2,4,5,6);5*1H2. The molecule has 0 aliphatic rings. The van der Waals surface area contributed by atoms with E-state index in [4.69, 9.17) is 19.6 Å². The lowest BCUT2D eigenvalue weighted by molar-refractivity contribution is 0.225. The molecule has 0 aromatic heterocycles. The molecule has 0 radical (unpaired) electrons. The lowest BCUT2D eigenvalue weighted by atomic mass is 15.7. The summed E-state index contributed by atoms with van der Waals surface area (Å²) in [5.74, 6) is 0. The molecule has 0 heterocycles. The van der Waals surface area contributed by atoms with Crippen LogP contribution in [0.1, 0.15) is 0 Å². The lowest BCUT2D eigenvalue weighted by Crippen LogP contribution is -1.84. The van der Waals surface area contributed by atoms with Gasteiger partial charge in [0.05, 0.1) is 0 Å². The van der Waals surface area contributed by atoms with Gasteiger partial charge in [-0.05, 0) is 0 Å². The molecule has 0 spiro atoms. The minimum absolute atomic E-state index is 0. The summed E-state index contributed by atoms with van der Waals surface area (Å²) >= 11 is 0. The lowest BCUT2D eigenvalue weighted by Gasteiger charge is -2.03. The molecule has 0 fully saturated rings. The fourth-order valence-electron chi connectivity index (χ4n) is 0.139. The Morgan fingerprint density at radius 2 is 0.786 bits per heavy atom. The van der Waals surface area contributed by atoms with Crippen molar-refractivity contribution in [1.82, 2.24) is 0 Å². The first kappa shape index (κ1) is 36.0. The average molecular weight is 348 g/mol. The molecule has 0 aliphatic heterocycles. The van der Waals surface area contributed by atoms with Crippen LogP contribution in [0.5, 0.6) is 0 Å². The van der Waals surface area contributed by atoms with Gasteiger partial charge in [-0.2, -0.15) is 71.8 Å². The van der Waals surface area contributed by atoms with Crippen LogP contribution in [0.4, 0.5) is 0 Å². The molecule has 0 unspecified atom stereocenters. The van der Waals surface area contributed by atoms with Crippen molar-refractivity contribution in [3.05, 3.63) is 0 Å². The Balaban J connectivity index is -0.0000000320. The van der Waals surface area contributed by atoms with Gasteiger partial charge in [-0.15, -0.1) is 0 Å². The van der Waals surface area contributed by atoms with Crippen molar-refractivity contribution in [1.29, 1.82) is 0 Å². The van der Waals surface area contributed by atoms with Gasteiger partial charge < -0.3 is 19.6 Å². The smallest absolute Gasteiger partial charge is 0.302 e. The van der Waals surface area contributed by atoms with Crippen molar-refractivity contribution in [2.24, 2.45) is 0 Å². The third-order valence-corrected chi connectivity index (χ3v) is 1.91. The van der Waals surface area contributed by atoms with E-state index in [0.717, 1.165) is 0 Å². The van der Waals surface area contributed by atoms with E-state index in [1.54, 1.807) is 0 Å².